The second-order valence-corrected chi connectivity index (χ2v) is 3.35. The van der Waals surface area contributed by atoms with Crippen LogP contribution in [0.3, 0.4) is 0 Å². The summed E-state index contributed by atoms with van der Waals surface area (Å²) < 4.78 is 0. The third-order valence-corrected chi connectivity index (χ3v) is 2.69. The summed E-state index contributed by atoms with van der Waals surface area (Å²) in [7, 11) is 0. The molecule has 2 amide bonds. The maximum Gasteiger partial charge on any atom is 0.230 e. The smallest absolute Gasteiger partial charge is 0.230 e. The predicted molar refractivity (Wildman–Crippen MR) is 38.6 cm³/mol. The van der Waals surface area contributed by atoms with Gasteiger partial charge in [0.1, 0.15) is 0 Å². The molecule has 11 heavy (non-hydrogen) atoms. The molecule has 1 saturated carbocycles. The molecule has 2 aliphatic rings. The fourth-order valence-electron chi connectivity index (χ4n) is 2.07. The molecule has 2 rings (SSSR count). The Labute approximate surface area is 65.2 Å². The Morgan fingerprint density at radius 2 is 1.45 bits per heavy atom. The molecule has 2 fully saturated rings. The first-order valence-corrected chi connectivity index (χ1v) is 4.14. The number of carbonyl (C=O) groups is 2. The van der Waals surface area contributed by atoms with Crippen molar-refractivity contribution in [2.45, 2.75) is 25.7 Å². The second kappa shape index (κ2) is 2.32. The van der Waals surface area contributed by atoms with Crippen molar-refractivity contribution < 1.29 is 9.59 Å². The molecule has 0 aromatic rings. The van der Waals surface area contributed by atoms with E-state index >= 15 is 0 Å². The van der Waals surface area contributed by atoms with Crippen LogP contribution >= 0.6 is 0 Å². The Balaban J connectivity index is 2.19. The van der Waals surface area contributed by atoms with E-state index in [1.807, 2.05) is 0 Å². The molecule has 2 atom stereocenters. The molecular weight excluding hydrogens is 142 g/mol. The number of imide groups is 1. The molecule has 0 radical (unpaired) electrons. The predicted octanol–water partition coefficient (Wildman–Crippen LogP) is 0.449. The lowest BCUT2D eigenvalue weighted by Gasteiger charge is -2.19. The van der Waals surface area contributed by atoms with Gasteiger partial charge in [-0.1, -0.05) is 12.8 Å². The van der Waals surface area contributed by atoms with Crippen molar-refractivity contribution >= 4 is 11.8 Å². The summed E-state index contributed by atoms with van der Waals surface area (Å²) in [4.78, 5) is 22.2. The number of carbonyl (C=O) groups excluding carboxylic acids is 2. The van der Waals surface area contributed by atoms with Gasteiger partial charge in [0.2, 0.25) is 11.8 Å². The first-order valence-electron chi connectivity index (χ1n) is 4.14. The second-order valence-electron chi connectivity index (χ2n) is 3.35. The molecule has 0 aromatic carbocycles. The molecule has 1 aliphatic heterocycles. The highest BCUT2D eigenvalue weighted by molar-refractivity contribution is 6.05. The van der Waals surface area contributed by atoms with Crippen molar-refractivity contribution in [3.63, 3.8) is 0 Å². The van der Waals surface area contributed by atoms with E-state index in [1.165, 1.54) is 0 Å². The van der Waals surface area contributed by atoms with Crippen LogP contribution in [-0.4, -0.2) is 11.8 Å². The van der Waals surface area contributed by atoms with E-state index in [9.17, 15) is 9.59 Å². The Morgan fingerprint density at radius 3 is 1.91 bits per heavy atom. The summed E-state index contributed by atoms with van der Waals surface area (Å²) in [5.74, 6) is -0.0631. The minimum Gasteiger partial charge on any atom is -0.296 e. The highest BCUT2D eigenvalue weighted by Crippen LogP contribution is 2.33. The van der Waals surface area contributed by atoms with Gasteiger partial charge < -0.3 is 0 Å². The zero-order valence-electron chi connectivity index (χ0n) is 6.30. The number of hydrogen-bond acceptors (Lipinski definition) is 2. The summed E-state index contributed by atoms with van der Waals surface area (Å²) in [6.45, 7) is 0. The van der Waals surface area contributed by atoms with Crippen LogP contribution in [0.2, 0.25) is 0 Å². The standard InChI is InChI=1S/C8H11NO2/c10-7-5-3-1-2-4-6(5)8(11)9-7/h5-6H,1-4H2,(H,9,10,11)/t5-,6-/m1/s1. The Hall–Kier alpha value is -0.860. The zero-order chi connectivity index (χ0) is 7.84. The number of nitrogens with one attached hydrogen (secondary N) is 1. The molecular formula is C8H11NO2. The number of hydrogen-bond donors (Lipinski definition) is 1. The molecule has 60 valence electrons. The van der Waals surface area contributed by atoms with Gasteiger partial charge in [0.25, 0.3) is 0 Å². The largest absolute Gasteiger partial charge is 0.296 e. The average Bonchev–Trinajstić information content (AvgIpc) is 2.30. The maximum atomic E-state index is 11.1. The Bertz CT molecular complexity index is 190. The van der Waals surface area contributed by atoms with Gasteiger partial charge in [-0.05, 0) is 12.8 Å². The summed E-state index contributed by atoms with van der Waals surface area (Å²) in [5.41, 5.74) is 0. The summed E-state index contributed by atoms with van der Waals surface area (Å²) in [6, 6.07) is 0. The van der Waals surface area contributed by atoms with Crippen LogP contribution in [0.1, 0.15) is 25.7 Å². The first kappa shape index (κ1) is 6.83. The summed E-state index contributed by atoms with van der Waals surface area (Å²) >= 11 is 0. The molecule has 3 heteroatoms. The van der Waals surface area contributed by atoms with Crippen LogP contribution < -0.4 is 5.32 Å². The van der Waals surface area contributed by atoms with E-state index < -0.39 is 0 Å². The van der Waals surface area contributed by atoms with Gasteiger partial charge in [-0.15, -0.1) is 0 Å². The van der Waals surface area contributed by atoms with E-state index in [0.29, 0.717) is 0 Å². The normalized spacial score (nSPS) is 36.7. The van der Waals surface area contributed by atoms with Crippen molar-refractivity contribution in [3.8, 4) is 0 Å². The van der Waals surface area contributed by atoms with Crippen molar-refractivity contribution in [2.24, 2.45) is 11.8 Å². The fraction of sp³-hybridized carbons (Fsp3) is 0.750. The quantitative estimate of drug-likeness (QED) is 0.513. The van der Waals surface area contributed by atoms with Gasteiger partial charge in [0.15, 0.2) is 0 Å². The van der Waals surface area contributed by atoms with Gasteiger partial charge in [0.05, 0.1) is 0 Å². The lowest BCUT2D eigenvalue weighted by atomic mass is 9.81. The maximum absolute atomic E-state index is 11.1. The molecule has 0 bridgehead atoms. The molecule has 1 saturated heterocycles. The molecule has 0 aromatic heterocycles. The minimum atomic E-state index is -0.0419. The first-order chi connectivity index (χ1) is 5.29. The van der Waals surface area contributed by atoms with E-state index in [-0.39, 0.29) is 23.7 Å². The molecule has 1 N–H and O–H groups in total. The van der Waals surface area contributed by atoms with Crippen LogP contribution in [0, 0.1) is 11.8 Å². The third-order valence-electron chi connectivity index (χ3n) is 2.69. The number of fused-ring (bicyclic) bond motifs is 1. The van der Waals surface area contributed by atoms with Crippen LogP contribution in [0.4, 0.5) is 0 Å². The minimum absolute atomic E-state index is 0.0104. The van der Waals surface area contributed by atoms with Gasteiger partial charge in [0, 0.05) is 11.8 Å². The molecule has 0 unspecified atom stereocenters. The lowest BCUT2D eigenvalue weighted by Crippen LogP contribution is -2.21. The van der Waals surface area contributed by atoms with Gasteiger partial charge in [-0.2, -0.15) is 0 Å². The summed E-state index contributed by atoms with van der Waals surface area (Å²) in [5, 5.41) is 2.38. The number of rotatable bonds is 0. The van der Waals surface area contributed by atoms with Crippen LogP contribution in [0.15, 0.2) is 0 Å². The summed E-state index contributed by atoms with van der Waals surface area (Å²) in [6.07, 6.45) is 4.01. The van der Waals surface area contributed by atoms with Crippen molar-refractivity contribution in [1.29, 1.82) is 0 Å². The van der Waals surface area contributed by atoms with Crippen LogP contribution in [0.5, 0.6) is 0 Å². The Kier molecular flexibility index (Phi) is 1.44. The van der Waals surface area contributed by atoms with Gasteiger partial charge in [-0.25, -0.2) is 0 Å². The fourth-order valence-corrected chi connectivity index (χ4v) is 2.07. The topological polar surface area (TPSA) is 46.2 Å². The average molecular weight is 153 g/mol. The Morgan fingerprint density at radius 1 is 1.00 bits per heavy atom. The van der Waals surface area contributed by atoms with E-state index in [2.05, 4.69) is 5.32 Å². The monoisotopic (exact) mass is 153 g/mol. The van der Waals surface area contributed by atoms with Gasteiger partial charge in [-0.3, -0.25) is 14.9 Å². The van der Waals surface area contributed by atoms with Gasteiger partial charge >= 0.3 is 0 Å². The molecule has 0 spiro atoms. The molecule has 3 nitrogen and oxygen atoms in total. The highest BCUT2D eigenvalue weighted by atomic mass is 16.2. The van der Waals surface area contributed by atoms with E-state index in [0.717, 1.165) is 25.7 Å². The molecule has 1 aliphatic carbocycles. The lowest BCUT2D eigenvalue weighted by molar-refractivity contribution is -0.126. The van der Waals surface area contributed by atoms with E-state index in [1.54, 1.807) is 0 Å². The van der Waals surface area contributed by atoms with Crippen molar-refractivity contribution in [1.82, 2.24) is 5.32 Å². The van der Waals surface area contributed by atoms with Crippen LogP contribution in [-0.2, 0) is 9.59 Å². The number of amides is 2. The van der Waals surface area contributed by atoms with Crippen LogP contribution in [0.25, 0.3) is 0 Å². The third kappa shape index (κ3) is 0.951. The zero-order valence-corrected chi connectivity index (χ0v) is 6.30. The van der Waals surface area contributed by atoms with Crippen molar-refractivity contribution in [2.75, 3.05) is 0 Å². The van der Waals surface area contributed by atoms with Crippen molar-refractivity contribution in [3.05, 3.63) is 0 Å². The van der Waals surface area contributed by atoms with E-state index in [4.69, 9.17) is 0 Å². The SMILES string of the molecule is O=C1NC(=O)[C@@H]2CCCC[C@@H]12. The molecule has 1 heterocycles. The highest BCUT2D eigenvalue weighted by Gasteiger charge is 2.42.